The molecule has 0 N–H and O–H groups in total. The largest absolute Gasteiger partial charge is 0.416 e. The number of halogens is 26. The molecule has 1 aromatic heterocycles. The number of pyridine rings is 1. The van der Waals surface area contributed by atoms with E-state index >= 15 is 0 Å². The second-order valence-corrected chi connectivity index (χ2v) is 17.5. The maximum atomic E-state index is 14.2. The van der Waals surface area contributed by atoms with Gasteiger partial charge in [0, 0.05) is 27.6 Å². The highest BCUT2D eigenvalue weighted by Crippen LogP contribution is 2.41. The number of aromatic nitrogens is 1. The monoisotopic (exact) mass is 1220 g/mol. The number of carbonyl (C=O) groups excluding carboxylic acids is 1. The van der Waals surface area contributed by atoms with E-state index < -0.39 is 195 Å². The smallest absolute Gasteiger partial charge is 0.287 e. The van der Waals surface area contributed by atoms with E-state index in [-0.39, 0.29) is 5.78 Å². The third kappa shape index (κ3) is 13.8. The first-order valence-corrected chi connectivity index (χ1v) is 21.3. The van der Waals surface area contributed by atoms with Crippen molar-refractivity contribution in [2.45, 2.75) is 56.0 Å². The van der Waals surface area contributed by atoms with Gasteiger partial charge in [-0.3, -0.25) is 4.79 Å². The molecule has 0 bridgehead atoms. The molecule has 0 aliphatic rings. The Morgan fingerprint density at radius 1 is 0.365 bits per heavy atom. The van der Waals surface area contributed by atoms with Gasteiger partial charge in [0.15, 0.2) is 6.20 Å². The Bertz CT molecular complexity index is 2580. The lowest BCUT2D eigenvalue weighted by Crippen LogP contribution is -2.75. The molecule has 74 heavy (non-hydrogen) atoms. The molecular weight excluding hydrogens is 1200 g/mol. The number of Topliss-reactive ketones (excluding diaryl/α,β-unsaturated/α-hetero) is 1. The summed E-state index contributed by atoms with van der Waals surface area (Å²) in [6, 6.07) is 4.31. The number of benzene rings is 5. The first kappa shape index (κ1) is 59.1. The summed E-state index contributed by atoms with van der Waals surface area (Å²) in [7, 11) is 0. The Balaban J connectivity index is 0.000000500. The van der Waals surface area contributed by atoms with Crippen LogP contribution in [0.1, 0.15) is 54.9 Å². The second-order valence-electron chi connectivity index (χ2n) is 15.8. The number of carbonyl (C=O) groups is 1. The third-order valence-corrected chi connectivity index (χ3v) is 12.0. The summed E-state index contributed by atoms with van der Waals surface area (Å²) in [5, 5.41) is 0. The maximum Gasteiger partial charge on any atom is 0.416 e. The molecule has 5 aromatic carbocycles. The lowest BCUT2D eigenvalue weighted by molar-refractivity contribution is -0.694. The summed E-state index contributed by atoms with van der Waals surface area (Å²) >= 11 is 6.81. The van der Waals surface area contributed by atoms with Crippen LogP contribution >= 0.6 is 31.9 Å². The van der Waals surface area contributed by atoms with Crippen molar-refractivity contribution in [3.8, 4) is 0 Å². The van der Waals surface area contributed by atoms with Crippen LogP contribution in [0.25, 0.3) is 0 Å². The predicted octanol–water partition coefficient (Wildman–Crippen LogP) is 14.6. The Morgan fingerprint density at radius 3 is 0.838 bits per heavy atom. The molecule has 0 saturated carbocycles. The molecule has 0 atom stereocenters. The quantitative estimate of drug-likeness (QED) is 0.0513. The molecule has 0 aliphatic heterocycles. The lowest BCUT2D eigenvalue weighted by Gasteiger charge is -2.46. The van der Waals surface area contributed by atoms with Crippen LogP contribution in [-0.2, 0) is 56.0 Å². The molecular formula is C45H22BBr2F24NO. The summed E-state index contributed by atoms with van der Waals surface area (Å²) < 4.78 is 345. The first-order chi connectivity index (χ1) is 33.4. The number of rotatable bonds is 7. The zero-order chi connectivity index (χ0) is 56.2. The molecule has 6 aromatic rings. The minimum atomic E-state index is -6.13. The van der Waals surface area contributed by atoms with Crippen LogP contribution in [0.15, 0.2) is 131 Å². The zero-order valence-corrected chi connectivity index (χ0v) is 38.7. The number of hydrogen-bond donors (Lipinski definition) is 0. The van der Waals surface area contributed by atoms with Gasteiger partial charge in [0.05, 0.1) is 49.0 Å². The zero-order valence-electron chi connectivity index (χ0n) is 35.5. The molecule has 2 nitrogen and oxygen atoms in total. The van der Waals surface area contributed by atoms with Crippen LogP contribution in [0.3, 0.4) is 0 Å². The van der Waals surface area contributed by atoms with E-state index in [1.54, 1.807) is 0 Å². The molecule has 1 heterocycles. The summed E-state index contributed by atoms with van der Waals surface area (Å²) in [5.41, 5.74) is -29.5. The number of hydrogen-bond acceptors (Lipinski definition) is 1. The van der Waals surface area contributed by atoms with E-state index in [4.69, 9.17) is 0 Å². The van der Waals surface area contributed by atoms with Crippen LogP contribution in [-0.4, -0.2) is 11.9 Å². The normalized spacial score (nSPS) is 13.4. The molecule has 0 saturated heterocycles. The third-order valence-electron chi connectivity index (χ3n) is 10.8. The highest BCUT2D eigenvalue weighted by molar-refractivity contribution is 9.10. The summed E-state index contributed by atoms with van der Waals surface area (Å²) in [6.45, 7) is 0.323. The van der Waals surface area contributed by atoms with Gasteiger partial charge in [-0.15, -0.1) is 0 Å². The second kappa shape index (κ2) is 20.4. The van der Waals surface area contributed by atoms with Gasteiger partial charge in [-0.25, -0.2) is 0 Å². The molecule has 29 heteroatoms. The lowest BCUT2D eigenvalue weighted by atomic mass is 9.12. The summed E-state index contributed by atoms with van der Waals surface area (Å²) in [6.07, 6.45) is -52.9. The van der Waals surface area contributed by atoms with Crippen LogP contribution in [0.5, 0.6) is 0 Å². The van der Waals surface area contributed by atoms with E-state index in [0.29, 0.717) is 6.54 Å². The van der Waals surface area contributed by atoms with Gasteiger partial charge < -0.3 is 0 Å². The van der Waals surface area contributed by atoms with Gasteiger partial charge in [-0.2, -0.15) is 132 Å². The Hall–Kier alpha value is -5.74. The minimum absolute atomic E-state index is 0.0920. The van der Waals surface area contributed by atoms with E-state index in [9.17, 15) is 110 Å². The molecule has 0 radical (unpaired) electrons. The van der Waals surface area contributed by atoms with Gasteiger partial charge in [0.25, 0.3) is 0 Å². The standard InChI is InChI=1S/C32H12BF24.C13H10Br2NO/c34-25(35,36)13-1-14(26(37,38)39)6-21(5-13)33(22-7-15(27(40,41)42)2-16(8-22)28(43,44)45,23-9-17(29(46,47)48)3-18(10-23)30(49,50)51)24-11-19(31(52,53)54)4-20(12-24)32(55,56)57;14-11-6-7-13(15)16(8-11)9-12(17)10-4-2-1-3-5-10/h1-12H;1-8H,9H2/q-1;+1. The highest BCUT2D eigenvalue weighted by atomic mass is 79.9. The van der Waals surface area contributed by atoms with E-state index in [2.05, 4.69) is 31.9 Å². The van der Waals surface area contributed by atoms with Crippen LogP contribution < -0.4 is 26.4 Å². The Morgan fingerprint density at radius 2 is 0.608 bits per heavy atom. The van der Waals surface area contributed by atoms with Gasteiger partial charge in [-0.1, -0.05) is 78.9 Å². The minimum Gasteiger partial charge on any atom is -0.287 e. The molecule has 0 amide bonds. The van der Waals surface area contributed by atoms with Crippen LogP contribution in [0.4, 0.5) is 105 Å². The maximum absolute atomic E-state index is 14.2. The summed E-state index contributed by atoms with van der Waals surface area (Å²) in [4.78, 5) is 12.0. The molecule has 0 unspecified atom stereocenters. The molecule has 0 aliphatic carbocycles. The molecule has 6 rings (SSSR count). The fourth-order valence-electron chi connectivity index (χ4n) is 7.56. The number of nitrogens with zero attached hydrogens (tertiary/aromatic N) is 1. The number of ketones is 1. The topological polar surface area (TPSA) is 20.9 Å². The fraction of sp³-hybridized carbons (Fsp3) is 0.200. The predicted molar refractivity (Wildman–Crippen MR) is 223 cm³/mol. The first-order valence-electron chi connectivity index (χ1n) is 19.7. The van der Waals surface area contributed by atoms with Crippen molar-refractivity contribution in [3.05, 3.63) is 181 Å². The summed E-state index contributed by atoms with van der Waals surface area (Å²) in [5.74, 6) is 0.0920. The van der Waals surface area contributed by atoms with Gasteiger partial charge in [-0.05, 0) is 46.3 Å². The van der Waals surface area contributed by atoms with Crippen LogP contribution in [0, 0.1) is 0 Å². The average Bonchev–Trinajstić information content (AvgIpc) is 3.25. The highest BCUT2D eigenvalue weighted by Gasteiger charge is 2.47. The van der Waals surface area contributed by atoms with E-state index in [0.717, 1.165) is 14.6 Å². The van der Waals surface area contributed by atoms with Gasteiger partial charge in [0.1, 0.15) is 6.15 Å². The number of alkyl halides is 24. The van der Waals surface area contributed by atoms with Crippen molar-refractivity contribution in [2.75, 3.05) is 0 Å². The molecule has 398 valence electrons. The fourth-order valence-corrected chi connectivity index (χ4v) is 8.30. The Labute approximate surface area is 415 Å². The van der Waals surface area contributed by atoms with Crippen molar-refractivity contribution in [1.82, 2.24) is 0 Å². The van der Waals surface area contributed by atoms with Crippen LogP contribution in [0.2, 0.25) is 0 Å². The molecule has 0 fully saturated rings. The molecule has 0 spiro atoms. The SMILES string of the molecule is FC(F)(F)c1cc([B-](c2cc(C(F)(F)F)cc(C(F)(F)F)c2)(c2cc(C(F)(F)F)cc(C(F)(F)F)c2)c2cc(C(F)(F)F)cc(C(F)(F)F)c2)cc(C(F)(F)F)c1.O=C(C[n+]1cc(Br)ccc1Br)c1ccccc1. The Kier molecular flexibility index (Phi) is 16.3. The van der Waals surface area contributed by atoms with E-state index in [1.807, 2.05) is 53.2 Å². The van der Waals surface area contributed by atoms with Gasteiger partial charge in [0.2, 0.25) is 16.9 Å². The van der Waals surface area contributed by atoms with Crippen molar-refractivity contribution < 1.29 is 115 Å². The van der Waals surface area contributed by atoms with Crippen molar-refractivity contribution in [1.29, 1.82) is 0 Å². The van der Waals surface area contributed by atoms with Crippen molar-refractivity contribution in [3.63, 3.8) is 0 Å². The van der Waals surface area contributed by atoms with Crippen molar-refractivity contribution >= 4 is 65.6 Å². The average molecular weight is 1220 g/mol. The van der Waals surface area contributed by atoms with Gasteiger partial charge >= 0.3 is 49.4 Å². The van der Waals surface area contributed by atoms with Crippen molar-refractivity contribution in [2.24, 2.45) is 0 Å². The van der Waals surface area contributed by atoms with E-state index in [1.165, 1.54) is 0 Å².